The van der Waals surface area contributed by atoms with Gasteiger partial charge in [-0.15, -0.1) is 0 Å². The first-order chi connectivity index (χ1) is 7.16. The average molecular weight is 207 g/mol. The van der Waals surface area contributed by atoms with E-state index >= 15 is 0 Å². The van der Waals surface area contributed by atoms with E-state index in [1.807, 2.05) is 0 Å². The lowest BCUT2D eigenvalue weighted by Gasteiger charge is -2.15. The minimum Gasteiger partial charge on any atom is -0.506 e. The number of rotatable bonds is 1. The first kappa shape index (κ1) is 9.92. The summed E-state index contributed by atoms with van der Waals surface area (Å²) in [7, 11) is 0. The van der Waals surface area contributed by atoms with Crippen molar-refractivity contribution in [3.63, 3.8) is 0 Å². The molecule has 1 aliphatic rings. The van der Waals surface area contributed by atoms with Crippen molar-refractivity contribution in [3.05, 3.63) is 24.0 Å². The molecule has 0 spiro atoms. The van der Waals surface area contributed by atoms with Crippen molar-refractivity contribution in [2.75, 3.05) is 13.1 Å². The van der Waals surface area contributed by atoms with E-state index in [4.69, 9.17) is 5.73 Å². The first-order valence-corrected chi connectivity index (χ1v) is 4.85. The molecule has 0 radical (unpaired) electrons. The van der Waals surface area contributed by atoms with E-state index in [0.717, 1.165) is 6.42 Å². The zero-order chi connectivity index (χ0) is 10.8. The van der Waals surface area contributed by atoms with E-state index in [1.54, 1.807) is 4.90 Å². The Kier molecular flexibility index (Phi) is 2.55. The van der Waals surface area contributed by atoms with Crippen LogP contribution in [0, 0.1) is 0 Å². The molecule has 1 atom stereocenters. The molecule has 2 heterocycles. The van der Waals surface area contributed by atoms with Gasteiger partial charge >= 0.3 is 0 Å². The third-order valence-electron chi connectivity index (χ3n) is 2.48. The SMILES string of the molecule is N[C@H]1CCN(C(=O)c2cncc(O)c2)C1. The Morgan fingerprint density at radius 1 is 1.60 bits per heavy atom. The topological polar surface area (TPSA) is 79.5 Å². The number of likely N-dealkylation sites (tertiary alicyclic amines) is 1. The van der Waals surface area contributed by atoms with Crippen molar-refractivity contribution in [2.24, 2.45) is 5.73 Å². The Labute approximate surface area is 87.5 Å². The second kappa shape index (κ2) is 3.86. The molecule has 80 valence electrons. The molecule has 0 unspecified atom stereocenters. The van der Waals surface area contributed by atoms with Crippen LogP contribution in [0.4, 0.5) is 0 Å². The molecule has 1 aromatic rings. The normalized spacial score (nSPS) is 20.6. The fourth-order valence-electron chi connectivity index (χ4n) is 1.70. The Bertz CT molecular complexity index is 381. The number of amides is 1. The van der Waals surface area contributed by atoms with Gasteiger partial charge in [-0.05, 0) is 12.5 Å². The third-order valence-corrected chi connectivity index (χ3v) is 2.48. The van der Waals surface area contributed by atoms with Crippen LogP contribution in [0.1, 0.15) is 16.8 Å². The molecule has 0 bridgehead atoms. The Hall–Kier alpha value is -1.62. The average Bonchev–Trinajstić information content (AvgIpc) is 2.64. The highest BCUT2D eigenvalue weighted by Crippen LogP contribution is 2.14. The molecule has 1 aromatic heterocycles. The molecule has 1 saturated heterocycles. The molecule has 5 heteroatoms. The van der Waals surface area contributed by atoms with Crippen LogP contribution in [0.5, 0.6) is 5.75 Å². The summed E-state index contributed by atoms with van der Waals surface area (Å²) < 4.78 is 0. The van der Waals surface area contributed by atoms with Crippen LogP contribution in [-0.4, -0.2) is 40.0 Å². The number of pyridine rings is 1. The van der Waals surface area contributed by atoms with Gasteiger partial charge in [-0.2, -0.15) is 0 Å². The zero-order valence-corrected chi connectivity index (χ0v) is 8.26. The summed E-state index contributed by atoms with van der Waals surface area (Å²) in [5.74, 6) is -0.115. The molecule has 0 saturated carbocycles. The van der Waals surface area contributed by atoms with Gasteiger partial charge in [0.15, 0.2) is 0 Å². The van der Waals surface area contributed by atoms with Crippen LogP contribution < -0.4 is 5.73 Å². The van der Waals surface area contributed by atoms with Gasteiger partial charge in [0, 0.05) is 25.3 Å². The minimum absolute atomic E-state index is 0.00402. The second-order valence-corrected chi connectivity index (χ2v) is 3.73. The van der Waals surface area contributed by atoms with E-state index in [1.165, 1.54) is 18.5 Å². The molecule has 1 fully saturated rings. The maximum Gasteiger partial charge on any atom is 0.255 e. The van der Waals surface area contributed by atoms with E-state index in [9.17, 15) is 9.90 Å². The number of aromatic hydroxyl groups is 1. The lowest BCUT2D eigenvalue weighted by Crippen LogP contribution is -2.31. The highest BCUT2D eigenvalue weighted by atomic mass is 16.3. The fraction of sp³-hybridized carbons (Fsp3) is 0.400. The van der Waals surface area contributed by atoms with E-state index in [2.05, 4.69) is 4.98 Å². The van der Waals surface area contributed by atoms with Gasteiger partial charge < -0.3 is 15.7 Å². The Morgan fingerprint density at radius 3 is 3.00 bits per heavy atom. The van der Waals surface area contributed by atoms with Gasteiger partial charge in [0.05, 0.1) is 11.8 Å². The predicted octanol–water partition coefficient (Wildman–Crippen LogP) is -0.0396. The minimum atomic E-state index is -0.119. The summed E-state index contributed by atoms with van der Waals surface area (Å²) in [5.41, 5.74) is 6.12. The number of carbonyl (C=O) groups excluding carboxylic acids is 1. The number of nitrogens with two attached hydrogens (primary N) is 1. The standard InChI is InChI=1S/C10H13N3O2/c11-8-1-2-13(6-8)10(15)7-3-9(14)5-12-4-7/h3-5,8,14H,1-2,6,11H2/t8-/m0/s1. The quantitative estimate of drug-likeness (QED) is 0.677. The Balaban J connectivity index is 2.14. The van der Waals surface area contributed by atoms with Crippen molar-refractivity contribution in [2.45, 2.75) is 12.5 Å². The van der Waals surface area contributed by atoms with Crippen LogP contribution in [0.15, 0.2) is 18.5 Å². The molecule has 15 heavy (non-hydrogen) atoms. The molecule has 0 aromatic carbocycles. The van der Waals surface area contributed by atoms with Crippen LogP contribution in [0.3, 0.4) is 0 Å². The molecule has 0 aliphatic carbocycles. The summed E-state index contributed by atoms with van der Waals surface area (Å²) in [6, 6.07) is 1.48. The van der Waals surface area contributed by atoms with Crippen LogP contribution in [-0.2, 0) is 0 Å². The number of hydrogen-bond acceptors (Lipinski definition) is 4. The second-order valence-electron chi connectivity index (χ2n) is 3.73. The molecule has 2 rings (SSSR count). The van der Waals surface area contributed by atoms with E-state index < -0.39 is 0 Å². The van der Waals surface area contributed by atoms with Crippen LogP contribution in [0.25, 0.3) is 0 Å². The molecular formula is C10H13N3O2. The maximum atomic E-state index is 11.9. The summed E-state index contributed by atoms with van der Waals surface area (Å²) in [4.78, 5) is 17.3. The summed E-state index contributed by atoms with van der Waals surface area (Å²) in [6.45, 7) is 1.25. The van der Waals surface area contributed by atoms with Gasteiger partial charge in [-0.1, -0.05) is 0 Å². The summed E-state index contributed by atoms with van der Waals surface area (Å²) >= 11 is 0. The predicted molar refractivity (Wildman–Crippen MR) is 54.4 cm³/mol. The number of carbonyl (C=O) groups is 1. The van der Waals surface area contributed by atoms with E-state index in [0.29, 0.717) is 18.7 Å². The van der Waals surface area contributed by atoms with Gasteiger partial charge in [-0.25, -0.2) is 0 Å². The first-order valence-electron chi connectivity index (χ1n) is 4.85. The highest BCUT2D eigenvalue weighted by molar-refractivity contribution is 5.94. The zero-order valence-electron chi connectivity index (χ0n) is 8.26. The maximum absolute atomic E-state index is 11.9. The molecule has 3 N–H and O–H groups in total. The van der Waals surface area contributed by atoms with Gasteiger partial charge in [-0.3, -0.25) is 9.78 Å². The van der Waals surface area contributed by atoms with Gasteiger partial charge in [0.1, 0.15) is 5.75 Å². The van der Waals surface area contributed by atoms with Crippen LogP contribution >= 0.6 is 0 Å². The Morgan fingerprint density at radius 2 is 2.40 bits per heavy atom. The van der Waals surface area contributed by atoms with E-state index in [-0.39, 0.29) is 17.7 Å². The largest absolute Gasteiger partial charge is 0.506 e. The van der Waals surface area contributed by atoms with Gasteiger partial charge in [0.25, 0.3) is 5.91 Å². The molecule has 1 amide bonds. The van der Waals surface area contributed by atoms with Crippen molar-refractivity contribution < 1.29 is 9.90 Å². The molecule has 1 aliphatic heterocycles. The van der Waals surface area contributed by atoms with Crippen LogP contribution in [0.2, 0.25) is 0 Å². The lowest BCUT2D eigenvalue weighted by atomic mass is 10.2. The van der Waals surface area contributed by atoms with Gasteiger partial charge in [0.2, 0.25) is 0 Å². The number of hydrogen-bond donors (Lipinski definition) is 2. The summed E-state index contributed by atoms with van der Waals surface area (Å²) in [6.07, 6.45) is 3.58. The van der Waals surface area contributed by atoms with Crippen molar-refractivity contribution in [1.29, 1.82) is 0 Å². The fourth-order valence-corrected chi connectivity index (χ4v) is 1.70. The molecule has 5 nitrogen and oxygen atoms in total. The lowest BCUT2D eigenvalue weighted by molar-refractivity contribution is 0.0790. The third kappa shape index (κ3) is 2.07. The van der Waals surface area contributed by atoms with Crippen molar-refractivity contribution in [3.8, 4) is 5.75 Å². The summed E-state index contributed by atoms with van der Waals surface area (Å²) in [5, 5.41) is 9.20. The van der Waals surface area contributed by atoms with Crippen molar-refractivity contribution in [1.82, 2.24) is 9.88 Å². The smallest absolute Gasteiger partial charge is 0.255 e. The highest BCUT2D eigenvalue weighted by Gasteiger charge is 2.24. The number of nitrogens with zero attached hydrogens (tertiary/aromatic N) is 2. The monoisotopic (exact) mass is 207 g/mol. The van der Waals surface area contributed by atoms with Crippen molar-refractivity contribution >= 4 is 5.91 Å². The number of aromatic nitrogens is 1. The molecular weight excluding hydrogens is 194 g/mol.